The van der Waals surface area contributed by atoms with Crippen LogP contribution in [0.5, 0.6) is 5.75 Å². The van der Waals surface area contributed by atoms with Crippen molar-refractivity contribution in [2.24, 2.45) is 23.7 Å². The van der Waals surface area contributed by atoms with Gasteiger partial charge in [-0.15, -0.1) is 0 Å². The molecule has 0 aromatic heterocycles. The molecule has 3 aliphatic rings. The molecule has 3 fully saturated rings. The van der Waals surface area contributed by atoms with Gasteiger partial charge in [-0.2, -0.15) is 0 Å². The van der Waals surface area contributed by atoms with Crippen LogP contribution in [0.1, 0.15) is 45.4 Å². The Balaban J connectivity index is 1.42. The molecule has 7 heteroatoms. The molecule has 2 amide bonds. The fourth-order valence-electron chi connectivity index (χ4n) is 5.15. The largest absolute Gasteiger partial charge is 0.427 e. The van der Waals surface area contributed by atoms with Gasteiger partial charge in [-0.3, -0.25) is 19.3 Å². The summed E-state index contributed by atoms with van der Waals surface area (Å²) < 4.78 is 5.37. The molecular weight excluding hydrogens is 502 g/mol. The Morgan fingerprint density at radius 3 is 2.14 bits per heavy atom. The molecule has 1 aromatic rings. The number of halogens is 2. The molecule has 0 N–H and O–H groups in total. The fraction of sp³-hybridized carbons (Fsp3) is 0.591. The molecule has 5 nitrogen and oxygen atoms in total. The van der Waals surface area contributed by atoms with Crippen molar-refractivity contribution in [2.75, 3.05) is 4.90 Å². The third-order valence-electron chi connectivity index (χ3n) is 6.55. The number of hydrogen-bond donors (Lipinski definition) is 0. The number of nitrogens with zero attached hydrogens (tertiary/aromatic N) is 1. The molecule has 0 radical (unpaired) electrons. The van der Waals surface area contributed by atoms with Gasteiger partial charge in [-0.1, -0.05) is 58.0 Å². The van der Waals surface area contributed by atoms with Gasteiger partial charge in [0.1, 0.15) is 5.75 Å². The van der Waals surface area contributed by atoms with Gasteiger partial charge in [0.2, 0.25) is 11.8 Å². The maximum atomic E-state index is 13.1. The number of carbonyl (C=O) groups excluding carboxylic acids is 3. The topological polar surface area (TPSA) is 63.7 Å². The minimum Gasteiger partial charge on any atom is -0.427 e. The van der Waals surface area contributed by atoms with Crippen molar-refractivity contribution in [3.8, 4) is 5.75 Å². The molecule has 1 aromatic carbocycles. The molecule has 2 aliphatic carbocycles. The van der Waals surface area contributed by atoms with Crippen LogP contribution in [-0.2, 0) is 14.4 Å². The van der Waals surface area contributed by atoms with Crippen molar-refractivity contribution in [3.05, 3.63) is 24.3 Å². The number of anilines is 1. The van der Waals surface area contributed by atoms with Crippen LogP contribution in [0.3, 0.4) is 0 Å². The van der Waals surface area contributed by atoms with E-state index in [2.05, 4.69) is 38.8 Å². The van der Waals surface area contributed by atoms with Gasteiger partial charge in [-0.25, -0.2) is 0 Å². The lowest BCUT2D eigenvalue weighted by molar-refractivity contribution is -0.134. The highest BCUT2D eigenvalue weighted by Crippen LogP contribution is 2.60. The third kappa shape index (κ3) is 3.69. The van der Waals surface area contributed by atoms with Crippen molar-refractivity contribution in [1.29, 1.82) is 0 Å². The van der Waals surface area contributed by atoms with Gasteiger partial charge in [0.15, 0.2) is 0 Å². The van der Waals surface area contributed by atoms with Crippen molar-refractivity contribution < 1.29 is 19.1 Å². The number of rotatable bonds is 7. The van der Waals surface area contributed by atoms with Gasteiger partial charge in [0, 0.05) is 16.1 Å². The summed E-state index contributed by atoms with van der Waals surface area (Å²) in [6, 6.07) is 6.69. The van der Waals surface area contributed by atoms with Gasteiger partial charge in [0.25, 0.3) is 0 Å². The average Bonchev–Trinajstić information content (AvgIpc) is 3.31. The maximum Gasteiger partial charge on any atom is 0.311 e. The Morgan fingerprint density at radius 2 is 1.59 bits per heavy atom. The van der Waals surface area contributed by atoms with Crippen LogP contribution in [0.25, 0.3) is 0 Å². The second-order valence-corrected chi connectivity index (χ2v) is 10.4. The van der Waals surface area contributed by atoms with E-state index in [-0.39, 0.29) is 51.1 Å². The molecule has 29 heavy (non-hydrogen) atoms. The zero-order valence-electron chi connectivity index (χ0n) is 16.4. The van der Waals surface area contributed by atoms with Crippen LogP contribution in [0, 0.1) is 23.7 Å². The predicted molar refractivity (Wildman–Crippen MR) is 117 cm³/mol. The van der Waals surface area contributed by atoms with E-state index in [1.807, 2.05) is 0 Å². The summed E-state index contributed by atoms with van der Waals surface area (Å²) in [7, 11) is 0. The lowest BCUT2D eigenvalue weighted by atomic mass is 9.81. The summed E-state index contributed by atoms with van der Waals surface area (Å²) in [5.74, 6) is -0.0752. The predicted octanol–water partition coefficient (Wildman–Crippen LogP) is 4.84. The van der Waals surface area contributed by atoms with E-state index in [0.717, 1.165) is 32.1 Å². The van der Waals surface area contributed by atoms with E-state index in [4.69, 9.17) is 4.74 Å². The quantitative estimate of drug-likeness (QED) is 0.167. The van der Waals surface area contributed by atoms with E-state index in [9.17, 15) is 14.4 Å². The van der Waals surface area contributed by atoms with Crippen molar-refractivity contribution in [2.45, 2.75) is 55.1 Å². The summed E-state index contributed by atoms with van der Waals surface area (Å²) in [5.41, 5.74) is 0.550. The molecule has 0 unspecified atom stereocenters. The molecule has 4 rings (SSSR count). The van der Waals surface area contributed by atoms with Crippen LogP contribution >= 0.6 is 31.9 Å². The molecule has 1 saturated heterocycles. The second kappa shape index (κ2) is 8.50. The normalized spacial score (nSPS) is 32.7. The Labute approximate surface area is 187 Å². The Morgan fingerprint density at radius 1 is 1.00 bits per heavy atom. The molecule has 1 aliphatic heterocycles. The van der Waals surface area contributed by atoms with Gasteiger partial charge in [-0.05, 0) is 48.9 Å². The number of alkyl halides is 2. The van der Waals surface area contributed by atoms with E-state index in [0.29, 0.717) is 17.9 Å². The van der Waals surface area contributed by atoms with E-state index < -0.39 is 0 Å². The van der Waals surface area contributed by atoms with Gasteiger partial charge in [0.05, 0.1) is 17.5 Å². The number of carbonyl (C=O) groups is 3. The number of unbranched alkanes of at least 4 members (excludes halogenated alkanes) is 3. The fourth-order valence-corrected chi connectivity index (χ4v) is 7.02. The molecule has 2 bridgehead atoms. The number of hydrogen-bond acceptors (Lipinski definition) is 4. The Bertz CT molecular complexity index is 780. The van der Waals surface area contributed by atoms with Gasteiger partial charge < -0.3 is 4.74 Å². The van der Waals surface area contributed by atoms with Crippen LogP contribution in [-0.4, -0.2) is 27.4 Å². The van der Waals surface area contributed by atoms with Crippen LogP contribution < -0.4 is 9.64 Å². The minimum absolute atomic E-state index is 0.1000. The highest BCUT2D eigenvalue weighted by atomic mass is 79.9. The zero-order chi connectivity index (χ0) is 20.7. The smallest absolute Gasteiger partial charge is 0.311 e. The highest BCUT2D eigenvalue weighted by Gasteiger charge is 2.66. The van der Waals surface area contributed by atoms with Crippen molar-refractivity contribution in [3.63, 3.8) is 0 Å². The summed E-state index contributed by atoms with van der Waals surface area (Å²) in [6.45, 7) is 2.13. The van der Waals surface area contributed by atoms with E-state index >= 15 is 0 Å². The van der Waals surface area contributed by atoms with Gasteiger partial charge >= 0.3 is 5.97 Å². The third-order valence-corrected chi connectivity index (χ3v) is 9.75. The lowest BCUT2D eigenvalue weighted by Gasteiger charge is -2.28. The van der Waals surface area contributed by atoms with Crippen molar-refractivity contribution in [1.82, 2.24) is 0 Å². The molecule has 0 spiro atoms. The first kappa shape index (κ1) is 21.0. The summed E-state index contributed by atoms with van der Waals surface area (Å²) in [6.07, 6.45) is 5.42. The minimum atomic E-state index is -0.250. The van der Waals surface area contributed by atoms with Crippen LogP contribution in [0.4, 0.5) is 5.69 Å². The number of imide groups is 1. The SMILES string of the molecule is CCCCCCC(=O)Oc1ccc(N2C(=O)[C@H]3[C@@H]4C[C@@H]([C@@H](Br)[C@@H]4Br)[C@@H]3C2=O)cc1. The number of benzene rings is 1. The van der Waals surface area contributed by atoms with Crippen LogP contribution in [0.15, 0.2) is 24.3 Å². The summed E-state index contributed by atoms with van der Waals surface area (Å²) >= 11 is 7.40. The maximum absolute atomic E-state index is 13.1. The first-order valence-electron chi connectivity index (χ1n) is 10.4. The lowest BCUT2D eigenvalue weighted by Crippen LogP contribution is -2.37. The number of ether oxygens (including phenoxy) is 1. The number of amides is 2. The second-order valence-electron chi connectivity index (χ2n) is 8.29. The van der Waals surface area contributed by atoms with E-state index in [1.54, 1.807) is 24.3 Å². The Hall–Kier alpha value is -1.21. The number of fused-ring (bicyclic) bond motifs is 5. The van der Waals surface area contributed by atoms with Crippen molar-refractivity contribution >= 4 is 55.3 Å². The molecule has 1 heterocycles. The first-order chi connectivity index (χ1) is 13.9. The molecule has 2 saturated carbocycles. The average molecular weight is 527 g/mol. The standard InChI is InChI=1S/C22H25Br2NO4/c1-2-3-4-5-6-16(26)29-13-9-7-12(8-10-13)25-21(27)17-14-11-15(18(17)22(25)28)20(24)19(14)23/h7-10,14-15,17-20H,2-6,11H2,1H3/t14-,15+,17-,18-,19+,20+/m0/s1. The highest BCUT2D eigenvalue weighted by molar-refractivity contribution is 9.12. The summed E-state index contributed by atoms with van der Waals surface area (Å²) in [5, 5.41) is 0. The zero-order valence-corrected chi connectivity index (χ0v) is 19.5. The van der Waals surface area contributed by atoms with E-state index in [1.165, 1.54) is 4.90 Å². The molecular formula is C22H25Br2NO4. The monoisotopic (exact) mass is 525 g/mol. The Kier molecular flexibility index (Phi) is 6.17. The summed E-state index contributed by atoms with van der Waals surface area (Å²) in [4.78, 5) is 39.8. The number of esters is 1. The first-order valence-corrected chi connectivity index (χ1v) is 12.2. The van der Waals surface area contributed by atoms with Crippen LogP contribution in [0.2, 0.25) is 0 Å². The molecule has 6 atom stereocenters. The molecule has 156 valence electrons.